The van der Waals surface area contributed by atoms with Gasteiger partial charge < -0.3 is 4.90 Å². The van der Waals surface area contributed by atoms with Crippen molar-refractivity contribution in [3.05, 3.63) is 50.9 Å². The minimum Gasteiger partial charge on any atom is -0.370 e. The first-order chi connectivity index (χ1) is 13.7. The summed E-state index contributed by atoms with van der Waals surface area (Å²) in [6, 6.07) is 5.06. The lowest BCUT2D eigenvalue weighted by Crippen LogP contribution is -2.50. The number of hydrogen-bond donors (Lipinski definition) is 0. The normalized spacial score (nSPS) is 14.9. The summed E-state index contributed by atoms with van der Waals surface area (Å²) < 4.78 is 38.0. The van der Waals surface area contributed by atoms with Crippen LogP contribution in [0.15, 0.2) is 29.6 Å². The van der Waals surface area contributed by atoms with E-state index in [0.717, 1.165) is 38.4 Å². The highest BCUT2D eigenvalue weighted by atomic mass is 32.1. The molecule has 2 aromatic heterocycles. The zero-order valence-electron chi connectivity index (χ0n) is 15.8. The quantitative estimate of drug-likeness (QED) is 0.554. The Hall–Kier alpha value is -2.26. The molecule has 1 aliphatic heterocycles. The van der Waals surface area contributed by atoms with Crippen molar-refractivity contribution in [1.82, 2.24) is 9.97 Å². The Morgan fingerprint density at radius 1 is 1.17 bits per heavy atom. The topological polar surface area (TPSA) is 46.1 Å². The van der Waals surface area contributed by atoms with E-state index in [1.165, 1.54) is 23.5 Å². The number of benzene rings is 1. The highest BCUT2D eigenvalue weighted by Gasteiger charge is 2.34. The maximum absolute atomic E-state index is 12.7. The standard InChI is InChI=1S/C20H18F3N3OS2/c1-11-19(29-12(2)24-11)16-10-28-18(25-16)7-17(27)13-8-26(9-13)15-5-3-14(4-6-15)20(21,22)23/h3-6,10,13H,7-9H2,1-2H3. The van der Waals surface area contributed by atoms with E-state index < -0.39 is 11.7 Å². The summed E-state index contributed by atoms with van der Waals surface area (Å²) in [4.78, 5) is 24.5. The Balaban J connectivity index is 1.34. The fraction of sp³-hybridized carbons (Fsp3) is 0.350. The first-order valence-electron chi connectivity index (χ1n) is 9.04. The molecule has 1 fully saturated rings. The smallest absolute Gasteiger partial charge is 0.370 e. The number of ketones is 1. The third-order valence-corrected chi connectivity index (χ3v) is 6.85. The first kappa shape index (κ1) is 20.0. The summed E-state index contributed by atoms with van der Waals surface area (Å²) in [7, 11) is 0. The summed E-state index contributed by atoms with van der Waals surface area (Å²) in [5, 5.41) is 3.72. The van der Waals surface area contributed by atoms with Crippen molar-refractivity contribution in [3.8, 4) is 10.6 Å². The molecule has 1 aliphatic rings. The number of halogens is 3. The van der Waals surface area contributed by atoms with Gasteiger partial charge in [0.15, 0.2) is 0 Å². The van der Waals surface area contributed by atoms with Crippen LogP contribution in [0.1, 0.15) is 21.3 Å². The zero-order valence-corrected chi connectivity index (χ0v) is 17.4. The maximum Gasteiger partial charge on any atom is 0.416 e. The third-order valence-electron chi connectivity index (χ3n) is 4.91. The maximum atomic E-state index is 12.7. The lowest BCUT2D eigenvalue weighted by Gasteiger charge is -2.40. The zero-order chi connectivity index (χ0) is 20.8. The Labute approximate surface area is 174 Å². The van der Waals surface area contributed by atoms with Crippen molar-refractivity contribution >= 4 is 34.1 Å². The molecule has 3 heterocycles. The van der Waals surface area contributed by atoms with E-state index in [2.05, 4.69) is 9.97 Å². The van der Waals surface area contributed by atoms with Crippen molar-refractivity contribution in [2.75, 3.05) is 18.0 Å². The van der Waals surface area contributed by atoms with E-state index in [9.17, 15) is 18.0 Å². The molecule has 0 saturated carbocycles. The second-order valence-electron chi connectivity index (χ2n) is 7.06. The van der Waals surface area contributed by atoms with E-state index in [4.69, 9.17) is 0 Å². The monoisotopic (exact) mass is 437 g/mol. The molecule has 4 nitrogen and oxygen atoms in total. The van der Waals surface area contributed by atoms with Gasteiger partial charge in [-0.1, -0.05) is 0 Å². The number of nitrogens with zero attached hydrogens (tertiary/aromatic N) is 3. The van der Waals surface area contributed by atoms with E-state index in [0.29, 0.717) is 18.8 Å². The molecule has 9 heteroatoms. The summed E-state index contributed by atoms with van der Waals surface area (Å²) in [6.45, 7) is 4.95. The molecule has 29 heavy (non-hydrogen) atoms. The second-order valence-corrected chi connectivity index (χ2v) is 9.21. The molecule has 1 aromatic carbocycles. The Morgan fingerprint density at radius 2 is 1.86 bits per heavy atom. The largest absolute Gasteiger partial charge is 0.416 e. The predicted molar refractivity (Wildman–Crippen MR) is 109 cm³/mol. The Bertz CT molecular complexity index is 1030. The number of thiazole rings is 2. The average Bonchev–Trinajstić information content (AvgIpc) is 3.19. The van der Waals surface area contributed by atoms with Crippen LogP contribution in [0.4, 0.5) is 18.9 Å². The van der Waals surface area contributed by atoms with Gasteiger partial charge in [-0.25, -0.2) is 9.97 Å². The average molecular weight is 438 g/mol. The van der Waals surface area contributed by atoms with Crippen LogP contribution in [0.25, 0.3) is 10.6 Å². The van der Waals surface area contributed by atoms with E-state index >= 15 is 0 Å². The van der Waals surface area contributed by atoms with Gasteiger partial charge in [0.1, 0.15) is 10.8 Å². The fourth-order valence-corrected chi connectivity index (χ4v) is 5.06. The second kappa shape index (κ2) is 7.53. The van der Waals surface area contributed by atoms with E-state index in [-0.39, 0.29) is 18.1 Å². The number of hydrogen-bond acceptors (Lipinski definition) is 6. The van der Waals surface area contributed by atoms with Gasteiger partial charge in [0.05, 0.1) is 39.2 Å². The van der Waals surface area contributed by atoms with Crippen LogP contribution in [0.3, 0.4) is 0 Å². The SMILES string of the molecule is Cc1nc(C)c(-c2csc(CC(=O)C3CN(c4ccc(C(F)(F)F)cc4)C3)n2)s1. The molecular formula is C20H18F3N3OS2. The first-order valence-corrected chi connectivity index (χ1v) is 10.7. The number of aromatic nitrogens is 2. The number of Topliss-reactive ketones (excluding diaryl/α,β-unsaturated/α-hetero) is 1. The number of carbonyl (C=O) groups excluding carboxylic acids is 1. The summed E-state index contributed by atoms with van der Waals surface area (Å²) in [5.41, 5.74) is 1.85. The number of alkyl halides is 3. The molecule has 0 unspecified atom stereocenters. The van der Waals surface area contributed by atoms with Crippen LogP contribution < -0.4 is 4.90 Å². The Morgan fingerprint density at radius 3 is 2.45 bits per heavy atom. The molecule has 0 bridgehead atoms. The summed E-state index contributed by atoms with van der Waals surface area (Å²) >= 11 is 3.06. The van der Waals surface area contributed by atoms with Crippen LogP contribution in [0.5, 0.6) is 0 Å². The minimum atomic E-state index is -4.34. The molecule has 0 N–H and O–H groups in total. The number of rotatable bonds is 5. The van der Waals surface area contributed by atoms with Gasteiger partial charge in [-0.15, -0.1) is 22.7 Å². The van der Waals surface area contributed by atoms with Crippen LogP contribution in [0.2, 0.25) is 0 Å². The van der Waals surface area contributed by atoms with Gasteiger partial charge in [-0.2, -0.15) is 13.2 Å². The molecule has 1 saturated heterocycles. The van der Waals surface area contributed by atoms with Crippen LogP contribution in [-0.4, -0.2) is 28.8 Å². The lowest BCUT2D eigenvalue weighted by molar-refractivity contribution is -0.137. The molecule has 4 rings (SSSR count). The van der Waals surface area contributed by atoms with Gasteiger partial charge in [0.25, 0.3) is 0 Å². The molecule has 0 spiro atoms. The number of anilines is 1. The number of aryl methyl sites for hydroxylation is 2. The number of carbonyl (C=O) groups is 1. The van der Waals surface area contributed by atoms with Crippen LogP contribution in [-0.2, 0) is 17.4 Å². The molecule has 0 atom stereocenters. The highest BCUT2D eigenvalue weighted by Crippen LogP contribution is 2.33. The summed E-state index contributed by atoms with van der Waals surface area (Å²) in [5.74, 6) is 0.00305. The van der Waals surface area contributed by atoms with Crippen LogP contribution in [0, 0.1) is 19.8 Å². The van der Waals surface area contributed by atoms with E-state index in [1.54, 1.807) is 11.3 Å². The van der Waals surface area contributed by atoms with Gasteiger partial charge in [0.2, 0.25) is 0 Å². The van der Waals surface area contributed by atoms with Gasteiger partial charge in [-0.05, 0) is 38.1 Å². The molecule has 152 valence electrons. The lowest BCUT2D eigenvalue weighted by atomic mass is 9.92. The highest BCUT2D eigenvalue weighted by molar-refractivity contribution is 7.16. The fourth-order valence-electron chi connectivity index (χ4n) is 3.31. The summed E-state index contributed by atoms with van der Waals surface area (Å²) in [6.07, 6.45) is -4.05. The predicted octanol–water partition coefficient (Wildman–Crippen LogP) is 5.15. The van der Waals surface area contributed by atoms with Crippen LogP contribution >= 0.6 is 22.7 Å². The molecule has 3 aromatic rings. The molecule has 0 amide bonds. The molecule has 0 aliphatic carbocycles. The van der Waals surface area contributed by atoms with Crippen molar-refractivity contribution in [3.63, 3.8) is 0 Å². The van der Waals surface area contributed by atoms with Crippen molar-refractivity contribution in [2.24, 2.45) is 5.92 Å². The van der Waals surface area contributed by atoms with Crippen molar-refractivity contribution in [2.45, 2.75) is 26.4 Å². The van der Waals surface area contributed by atoms with Gasteiger partial charge >= 0.3 is 6.18 Å². The molecule has 0 radical (unpaired) electrons. The van der Waals surface area contributed by atoms with Gasteiger partial charge in [0, 0.05) is 24.2 Å². The minimum absolute atomic E-state index is 0.114. The Kier molecular flexibility index (Phi) is 5.20. The van der Waals surface area contributed by atoms with Crippen molar-refractivity contribution in [1.29, 1.82) is 0 Å². The van der Waals surface area contributed by atoms with E-state index in [1.807, 2.05) is 24.1 Å². The third kappa shape index (κ3) is 4.20. The molecular weight excluding hydrogens is 419 g/mol. The van der Waals surface area contributed by atoms with Gasteiger partial charge in [-0.3, -0.25) is 4.79 Å². The van der Waals surface area contributed by atoms with Crippen molar-refractivity contribution < 1.29 is 18.0 Å².